The minimum atomic E-state index is -0.901. The van der Waals surface area contributed by atoms with Gasteiger partial charge in [0.1, 0.15) is 0 Å². The van der Waals surface area contributed by atoms with Gasteiger partial charge in [0.15, 0.2) is 5.65 Å². The van der Waals surface area contributed by atoms with Gasteiger partial charge in [0.2, 0.25) is 0 Å². The van der Waals surface area contributed by atoms with Crippen molar-refractivity contribution >= 4 is 23.2 Å². The van der Waals surface area contributed by atoms with Crippen LogP contribution in [0.1, 0.15) is 18.4 Å². The number of carbonyl (C=O) groups is 1. The van der Waals surface area contributed by atoms with Crippen LogP contribution in [0.2, 0.25) is 5.02 Å². The number of nitrogens with zero attached hydrogens (tertiary/aromatic N) is 3. The van der Waals surface area contributed by atoms with Crippen LogP contribution < -0.4 is 0 Å². The van der Waals surface area contributed by atoms with Crippen LogP contribution in [0.4, 0.5) is 0 Å². The lowest BCUT2D eigenvalue weighted by Gasteiger charge is -2.02. The van der Waals surface area contributed by atoms with Crippen LogP contribution >= 0.6 is 11.6 Å². The molecule has 0 fully saturated rings. The largest absolute Gasteiger partial charge is 0.481 e. The number of rotatable bonds is 2. The summed E-state index contributed by atoms with van der Waals surface area (Å²) in [7, 11) is 0. The third kappa shape index (κ3) is 1.66. The van der Waals surface area contributed by atoms with Crippen LogP contribution in [-0.4, -0.2) is 25.7 Å². The number of aromatic nitrogens is 3. The Hall–Kier alpha value is -1.62. The van der Waals surface area contributed by atoms with Gasteiger partial charge in [0.25, 0.3) is 0 Å². The van der Waals surface area contributed by atoms with Crippen molar-refractivity contribution in [1.29, 1.82) is 0 Å². The van der Waals surface area contributed by atoms with E-state index in [2.05, 4.69) is 10.1 Å². The molecule has 0 aliphatic carbocycles. The zero-order chi connectivity index (χ0) is 11.0. The fourth-order valence-corrected chi connectivity index (χ4v) is 1.45. The molecule has 0 aromatic carbocycles. The van der Waals surface area contributed by atoms with E-state index in [1.165, 1.54) is 16.9 Å². The van der Waals surface area contributed by atoms with Crippen LogP contribution in [0.25, 0.3) is 5.65 Å². The molecule has 1 atom stereocenters. The molecule has 1 N–H and O–H groups in total. The standard InChI is InChI=1S/C9H8ClN3O2/c1-5(9(14)15)7-3-12-13-4-6(10)2-11-8(7)13/h2-5H,1H3,(H,14,15). The molecule has 0 bridgehead atoms. The highest BCUT2D eigenvalue weighted by atomic mass is 35.5. The Morgan fingerprint density at radius 3 is 3.00 bits per heavy atom. The maximum atomic E-state index is 10.8. The van der Waals surface area contributed by atoms with Crippen LogP contribution in [0.5, 0.6) is 0 Å². The number of halogens is 1. The highest BCUT2D eigenvalue weighted by Crippen LogP contribution is 2.20. The first-order valence-electron chi connectivity index (χ1n) is 4.31. The summed E-state index contributed by atoms with van der Waals surface area (Å²) < 4.78 is 1.47. The Balaban J connectivity index is 2.59. The number of carboxylic acid groups (broad SMARTS) is 1. The van der Waals surface area contributed by atoms with Crippen molar-refractivity contribution in [2.24, 2.45) is 0 Å². The normalized spacial score (nSPS) is 12.9. The van der Waals surface area contributed by atoms with E-state index in [0.29, 0.717) is 16.2 Å². The van der Waals surface area contributed by atoms with E-state index in [9.17, 15) is 4.79 Å². The van der Waals surface area contributed by atoms with Gasteiger partial charge in [-0.3, -0.25) is 4.79 Å². The Morgan fingerprint density at radius 1 is 1.60 bits per heavy atom. The highest BCUT2D eigenvalue weighted by molar-refractivity contribution is 6.30. The maximum Gasteiger partial charge on any atom is 0.310 e. The summed E-state index contributed by atoms with van der Waals surface area (Å²) in [6.07, 6.45) is 4.55. The molecule has 0 aliphatic heterocycles. The number of hydrogen-bond donors (Lipinski definition) is 1. The highest BCUT2D eigenvalue weighted by Gasteiger charge is 2.19. The van der Waals surface area contributed by atoms with E-state index in [4.69, 9.17) is 16.7 Å². The number of hydrogen-bond acceptors (Lipinski definition) is 3. The first kappa shape index (κ1) is 9.92. The molecular weight excluding hydrogens is 218 g/mol. The molecule has 2 rings (SSSR count). The van der Waals surface area contributed by atoms with Crippen molar-refractivity contribution < 1.29 is 9.90 Å². The maximum absolute atomic E-state index is 10.8. The minimum absolute atomic E-state index is 0.458. The molecule has 0 saturated carbocycles. The average molecular weight is 226 g/mol. The zero-order valence-corrected chi connectivity index (χ0v) is 8.64. The molecule has 6 heteroatoms. The molecule has 2 aromatic heterocycles. The molecule has 5 nitrogen and oxygen atoms in total. The molecule has 0 spiro atoms. The van der Waals surface area contributed by atoms with Crippen molar-refractivity contribution in [2.75, 3.05) is 0 Å². The minimum Gasteiger partial charge on any atom is -0.481 e. The van der Waals surface area contributed by atoms with Gasteiger partial charge < -0.3 is 5.11 Å². The fraction of sp³-hybridized carbons (Fsp3) is 0.222. The van der Waals surface area contributed by atoms with Crippen LogP contribution in [-0.2, 0) is 4.79 Å². The first-order valence-corrected chi connectivity index (χ1v) is 4.69. The molecule has 0 radical (unpaired) electrons. The molecule has 2 heterocycles. The fourth-order valence-electron chi connectivity index (χ4n) is 1.31. The molecule has 15 heavy (non-hydrogen) atoms. The van der Waals surface area contributed by atoms with Crippen molar-refractivity contribution in [1.82, 2.24) is 14.6 Å². The van der Waals surface area contributed by atoms with Gasteiger partial charge >= 0.3 is 5.97 Å². The molecule has 1 unspecified atom stereocenters. The molecule has 0 saturated heterocycles. The van der Waals surface area contributed by atoms with Gasteiger partial charge in [-0.2, -0.15) is 5.10 Å². The smallest absolute Gasteiger partial charge is 0.310 e. The third-order valence-electron chi connectivity index (χ3n) is 2.19. The molecular formula is C9H8ClN3O2. The number of carboxylic acids is 1. The Bertz CT molecular complexity index is 523. The Morgan fingerprint density at radius 2 is 2.33 bits per heavy atom. The quantitative estimate of drug-likeness (QED) is 0.843. The van der Waals surface area contributed by atoms with Crippen LogP contribution in [0.15, 0.2) is 18.6 Å². The zero-order valence-electron chi connectivity index (χ0n) is 7.88. The van der Waals surface area contributed by atoms with E-state index in [1.807, 2.05) is 0 Å². The molecule has 78 valence electrons. The Kier molecular flexibility index (Phi) is 2.32. The van der Waals surface area contributed by atoms with Gasteiger partial charge in [0, 0.05) is 11.8 Å². The van der Waals surface area contributed by atoms with Crippen LogP contribution in [0, 0.1) is 0 Å². The van der Waals surface area contributed by atoms with Crippen molar-refractivity contribution in [3.63, 3.8) is 0 Å². The predicted octanol–water partition coefficient (Wildman–Crippen LogP) is 1.57. The van der Waals surface area contributed by atoms with E-state index < -0.39 is 11.9 Å². The molecule has 0 amide bonds. The topological polar surface area (TPSA) is 67.5 Å². The van der Waals surface area contributed by atoms with E-state index in [1.54, 1.807) is 13.1 Å². The van der Waals surface area contributed by atoms with E-state index in [0.717, 1.165) is 0 Å². The summed E-state index contributed by atoms with van der Waals surface area (Å²) >= 11 is 5.73. The van der Waals surface area contributed by atoms with Gasteiger partial charge in [0.05, 0.1) is 23.3 Å². The summed E-state index contributed by atoms with van der Waals surface area (Å²) in [5.74, 6) is -1.53. The SMILES string of the molecule is CC(C(=O)O)c1cnn2cc(Cl)cnc12. The van der Waals surface area contributed by atoms with Gasteiger partial charge in [-0.15, -0.1) is 0 Å². The summed E-state index contributed by atoms with van der Waals surface area (Å²) in [6, 6.07) is 0. The van der Waals surface area contributed by atoms with Crippen LogP contribution in [0.3, 0.4) is 0 Å². The van der Waals surface area contributed by atoms with E-state index >= 15 is 0 Å². The lowest BCUT2D eigenvalue weighted by atomic mass is 10.1. The second-order valence-electron chi connectivity index (χ2n) is 3.20. The average Bonchev–Trinajstić information content (AvgIpc) is 2.59. The third-order valence-corrected chi connectivity index (χ3v) is 2.38. The van der Waals surface area contributed by atoms with Crippen molar-refractivity contribution in [3.05, 3.63) is 29.2 Å². The summed E-state index contributed by atoms with van der Waals surface area (Å²) in [6.45, 7) is 1.59. The Labute approximate surface area is 90.3 Å². The lowest BCUT2D eigenvalue weighted by Crippen LogP contribution is -2.07. The number of aliphatic carboxylic acids is 1. The summed E-state index contributed by atoms with van der Waals surface area (Å²) in [4.78, 5) is 14.9. The first-order chi connectivity index (χ1) is 7.09. The molecule has 2 aromatic rings. The van der Waals surface area contributed by atoms with Crippen molar-refractivity contribution in [2.45, 2.75) is 12.8 Å². The second-order valence-corrected chi connectivity index (χ2v) is 3.64. The van der Waals surface area contributed by atoms with Gasteiger partial charge in [-0.05, 0) is 6.92 Å². The monoisotopic (exact) mass is 225 g/mol. The summed E-state index contributed by atoms with van der Waals surface area (Å²) in [5.41, 5.74) is 1.11. The van der Waals surface area contributed by atoms with Gasteiger partial charge in [-0.25, -0.2) is 9.50 Å². The predicted molar refractivity (Wildman–Crippen MR) is 54.0 cm³/mol. The summed E-state index contributed by atoms with van der Waals surface area (Å²) in [5, 5.41) is 13.3. The second kappa shape index (κ2) is 3.51. The van der Waals surface area contributed by atoms with E-state index in [-0.39, 0.29) is 0 Å². The number of fused-ring (bicyclic) bond motifs is 1. The van der Waals surface area contributed by atoms with Gasteiger partial charge in [-0.1, -0.05) is 11.6 Å². The lowest BCUT2D eigenvalue weighted by molar-refractivity contribution is -0.138. The molecule has 0 aliphatic rings. The van der Waals surface area contributed by atoms with Crippen molar-refractivity contribution in [3.8, 4) is 0 Å².